The molecule has 1 aromatic carbocycles. The molecule has 1 heterocycles. The zero-order chi connectivity index (χ0) is 13.3. The molecule has 0 aliphatic heterocycles. The van der Waals surface area contributed by atoms with Gasteiger partial charge in [-0.1, -0.05) is 37.6 Å². The van der Waals surface area contributed by atoms with Crippen LogP contribution in [0.4, 0.5) is 0 Å². The minimum atomic E-state index is -1.02. The molecule has 0 radical (unpaired) electrons. The summed E-state index contributed by atoms with van der Waals surface area (Å²) in [4.78, 5) is 18.3. The maximum Gasteiger partial charge on any atom is 0.356 e. The molecule has 0 saturated carbocycles. The van der Waals surface area contributed by atoms with Gasteiger partial charge in [-0.3, -0.25) is 0 Å². The summed E-state index contributed by atoms with van der Waals surface area (Å²) < 4.78 is 0. The maximum atomic E-state index is 11.1. The minimum Gasteiger partial charge on any atom is -0.476 e. The highest BCUT2D eigenvalue weighted by molar-refractivity contribution is 6.30. The Kier molecular flexibility index (Phi) is 3.39. The van der Waals surface area contributed by atoms with E-state index in [4.69, 9.17) is 16.7 Å². The first-order chi connectivity index (χ1) is 8.49. The summed E-state index contributed by atoms with van der Waals surface area (Å²) in [6, 6.07) is 7.14. The third-order valence-electron chi connectivity index (χ3n) is 2.61. The first-order valence-electron chi connectivity index (χ1n) is 5.58. The van der Waals surface area contributed by atoms with Gasteiger partial charge in [0.1, 0.15) is 5.82 Å². The molecule has 0 saturated heterocycles. The third kappa shape index (κ3) is 2.38. The number of aromatic nitrogens is 2. The van der Waals surface area contributed by atoms with Crippen molar-refractivity contribution in [1.29, 1.82) is 0 Å². The zero-order valence-corrected chi connectivity index (χ0v) is 10.8. The van der Waals surface area contributed by atoms with Crippen LogP contribution in [0.15, 0.2) is 24.3 Å². The Morgan fingerprint density at radius 2 is 2.17 bits per heavy atom. The number of halogens is 1. The van der Waals surface area contributed by atoms with Gasteiger partial charge in [0.15, 0.2) is 5.69 Å². The molecule has 18 heavy (non-hydrogen) atoms. The molecule has 0 amide bonds. The Bertz CT molecular complexity index is 590. The van der Waals surface area contributed by atoms with Crippen molar-refractivity contribution in [3.63, 3.8) is 0 Å². The zero-order valence-electron chi connectivity index (χ0n) is 10.1. The molecule has 0 aliphatic carbocycles. The van der Waals surface area contributed by atoms with E-state index in [1.165, 1.54) is 0 Å². The summed E-state index contributed by atoms with van der Waals surface area (Å²) in [7, 11) is 0. The van der Waals surface area contributed by atoms with E-state index in [0.29, 0.717) is 16.5 Å². The summed E-state index contributed by atoms with van der Waals surface area (Å²) in [6.07, 6.45) is 0. The van der Waals surface area contributed by atoms with E-state index < -0.39 is 5.97 Å². The molecule has 0 bridgehead atoms. The van der Waals surface area contributed by atoms with Crippen molar-refractivity contribution < 1.29 is 9.90 Å². The van der Waals surface area contributed by atoms with Gasteiger partial charge in [-0.2, -0.15) is 0 Å². The number of carbonyl (C=O) groups is 1. The molecule has 94 valence electrons. The molecule has 0 unspecified atom stereocenters. The molecule has 4 nitrogen and oxygen atoms in total. The van der Waals surface area contributed by atoms with Crippen LogP contribution in [0.3, 0.4) is 0 Å². The summed E-state index contributed by atoms with van der Waals surface area (Å²) in [5.41, 5.74) is 1.47. The van der Waals surface area contributed by atoms with Crippen LogP contribution in [-0.4, -0.2) is 21.0 Å². The number of aromatic carboxylic acids is 1. The van der Waals surface area contributed by atoms with Crippen molar-refractivity contribution in [3.8, 4) is 11.4 Å². The molecular formula is C13H13ClN2O2. The predicted octanol–water partition coefficient (Wildman–Crippen LogP) is 3.55. The molecule has 1 aromatic heterocycles. The Hall–Kier alpha value is -1.81. The van der Waals surface area contributed by atoms with E-state index in [9.17, 15) is 4.79 Å². The Labute approximate surface area is 110 Å². The van der Waals surface area contributed by atoms with Gasteiger partial charge in [0.05, 0.1) is 5.69 Å². The number of hydrogen-bond acceptors (Lipinski definition) is 2. The molecular weight excluding hydrogens is 252 g/mol. The lowest BCUT2D eigenvalue weighted by molar-refractivity contribution is 0.0689. The van der Waals surface area contributed by atoms with E-state index in [2.05, 4.69) is 9.97 Å². The quantitative estimate of drug-likeness (QED) is 0.891. The van der Waals surface area contributed by atoms with E-state index in [1.807, 2.05) is 19.9 Å². The van der Waals surface area contributed by atoms with Crippen LogP contribution in [0.1, 0.15) is 35.9 Å². The standard InChI is InChI=1S/C13H13ClN2O2/c1-7(2)10-11(13(17)18)16-12(15-10)8-4-3-5-9(14)6-8/h3-7H,1-2H3,(H,15,16)(H,17,18). The van der Waals surface area contributed by atoms with Crippen LogP contribution >= 0.6 is 11.6 Å². The highest BCUT2D eigenvalue weighted by Gasteiger charge is 2.19. The minimum absolute atomic E-state index is 0.0662. The number of H-pyrrole nitrogens is 1. The molecule has 0 atom stereocenters. The Balaban J connectivity index is 2.53. The number of hydrogen-bond donors (Lipinski definition) is 2. The first kappa shape index (κ1) is 12.6. The van der Waals surface area contributed by atoms with Crippen molar-refractivity contribution in [1.82, 2.24) is 9.97 Å². The topological polar surface area (TPSA) is 66.0 Å². The van der Waals surface area contributed by atoms with Crippen LogP contribution in [0.5, 0.6) is 0 Å². The Morgan fingerprint density at radius 3 is 2.67 bits per heavy atom. The van der Waals surface area contributed by atoms with Gasteiger partial charge in [-0.15, -0.1) is 0 Å². The van der Waals surface area contributed by atoms with Gasteiger partial charge < -0.3 is 10.1 Å². The normalized spacial score (nSPS) is 10.9. The fraction of sp³-hybridized carbons (Fsp3) is 0.231. The van der Waals surface area contributed by atoms with Crippen molar-refractivity contribution in [3.05, 3.63) is 40.7 Å². The van der Waals surface area contributed by atoms with Crippen molar-refractivity contribution >= 4 is 17.6 Å². The van der Waals surface area contributed by atoms with Crippen LogP contribution < -0.4 is 0 Å². The van der Waals surface area contributed by atoms with Gasteiger partial charge in [-0.05, 0) is 18.1 Å². The van der Waals surface area contributed by atoms with Gasteiger partial charge in [0, 0.05) is 10.6 Å². The summed E-state index contributed by atoms with van der Waals surface area (Å²) in [5, 5.41) is 9.71. The Morgan fingerprint density at radius 1 is 1.44 bits per heavy atom. The summed E-state index contributed by atoms with van der Waals surface area (Å²) >= 11 is 5.91. The van der Waals surface area contributed by atoms with E-state index in [0.717, 1.165) is 5.56 Å². The smallest absolute Gasteiger partial charge is 0.356 e. The lowest BCUT2D eigenvalue weighted by Gasteiger charge is -2.01. The monoisotopic (exact) mass is 264 g/mol. The van der Waals surface area contributed by atoms with Gasteiger partial charge in [-0.25, -0.2) is 9.78 Å². The second-order valence-electron chi connectivity index (χ2n) is 4.32. The fourth-order valence-electron chi connectivity index (χ4n) is 1.74. The van der Waals surface area contributed by atoms with Crippen LogP contribution in [0.25, 0.3) is 11.4 Å². The molecule has 0 fully saturated rings. The van der Waals surface area contributed by atoms with Crippen LogP contribution in [0, 0.1) is 0 Å². The van der Waals surface area contributed by atoms with Crippen molar-refractivity contribution in [2.75, 3.05) is 0 Å². The molecule has 0 aliphatic rings. The number of carboxylic acids is 1. The largest absolute Gasteiger partial charge is 0.476 e. The lowest BCUT2D eigenvalue weighted by atomic mass is 10.1. The fourth-order valence-corrected chi connectivity index (χ4v) is 1.93. The van der Waals surface area contributed by atoms with Crippen LogP contribution in [0.2, 0.25) is 5.02 Å². The first-order valence-corrected chi connectivity index (χ1v) is 5.96. The number of aromatic amines is 1. The average Bonchev–Trinajstić information content (AvgIpc) is 2.73. The molecule has 5 heteroatoms. The van der Waals surface area contributed by atoms with E-state index in [-0.39, 0.29) is 11.6 Å². The van der Waals surface area contributed by atoms with Crippen molar-refractivity contribution in [2.24, 2.45) is 0 Å². The molecule has 2 aromatic rings. The summed E-state index contributed by atoms with van der Waals surface area (Å²) in [5.74, 6) is -0.432. The second kappa shape index (κ2) is 4.82. The van der Waals surface area contributed by atoms with Gasteiger partial charge in [0.2, 0.25) is 0 Å². The average molecular weight is 265 g/mol. The number of imidazole rings is 1. The van der Waals surface area contributed by atoms with Gasteiger partial charge in [0.25, 0.3) is 0 Å². The number of rotatable bonds is 3. The molecule has 0 spiro atoms. The van der Waals surface area contributed by atoms with Gasteiger partial charge >= 0.3 is 5.97 Å². The lowest BCUT2D eigenvalue weighted by Crippen LogP contribution is -2.02. The number of carboxylic acid groups (broad SMARTS) is 1. The number of nitrogens with one attached hydrogen (secondary N) is 1. The highest BCUT2D eigenvalue weighted by atomic mass is 35.5. The number of benzene rings is 1. The van der Waals surface area contributed by atoms with E-state index in [1.54, 1.807) is 18.2 Å². The van der Waals surface area contributed by atoms with E-state index >= 15 is 0 Å². The number of nitrogens with zero attached hydrogens (tertiary/aromatic N) is 1. The molecule has 2 rings (SSSR count). The predicted molar refractivity (Wildman–Crippen MR) is 70.1 cm³/mol. The van der Waals surface area contributed by atoms with Crippen LogP contribution in [-0.2, 0) is 0 Å². The second-order valence-corrected chi connectivity index (χ2v) is 4.75. The maximum absolute atomic E-state index is 11.1. The molecule has 2 N–H and O–H groups in total. The highest BCUT2D eigenvalue weighted by Crippen LogP contribution is 2.25. The summed E-state index contributed by atoms with van der Waals surface area (Å²) in [6.45, 7) is 3.84. The third-order valence-corrected chi connectivity index (χ3v) is 2.84. The van der Waals surface area contributed by atoms with Crippen molar-refractivity contribution in [2.45, 2.75) is 19.8 Å². The SMILES string of the molecule is CC(C)c1[nH]c(-c2cccc(Cl)c2)nc1C(=O)O.